The summed E-state index contributed by atoms with van der Waals surface area (Å²) in [4.78, 5) is 6.32. The molecule has 3 nitrogen and oxygen atoms in total. The Hall–Kier alpha value is -0.393. The first-order valence-corrected chi connectivity index (χ1v) is 9.24. The standard InChI is InChI=1S/C13H23BrN2OSi/c1-13(2,3)18(5)17-9-8-16(4)11-6-7-15-12(14)10-11/h6-7,10,18H,8-9H2,1-5H3. The molecule has 5 heteroatoms. The van der Waals surface area contributed by atoms with E-state index < -0.39 is 9.04 Å². The van der Waals surface area contributed by atoms with Crippen molar-refractivity contribution < 1.29 is 4.43 Å². The van der Waals surface area contributed by atoms with Crippen molar-refractivity contribution in [2.45, 2.75) is 32.4 Å². The minimum Gasteiger partial charge on any atom is -0.418 e. The second-order valence-electron chi connectivity index (χ2n) is 5.64. The van der Waals surface area contributed by atoms with Gasteiger partial charge in [0, 0.05) is 25.5 Å². The molecule has 0 radical (unpaired) electrons. The molecule has 0 saturated heterocycles. The molecule has 0 fully saturated rings. The smallest absolute Gasteiger partial charge is 0.179 e. The Labute approximate surface area is 120 Å². The van der Waals surface area contributed by atoms with Gasteiger partial charge in [-0.15, -0.1) is 0 Å². The van der Waals surface area contributed by atoms with Crippen LogP contribution in [0, 0.1) is 0 Å². The summed E-state index contributed by atoms with van der Waals surface area (Å²) < 4.78 is 6.86. The molecule has 0 aromatic carbocycles. The molecule has 1 heterocycles. The van der Waals surface area contributed by atoms with Crippen molar-refractivity contribution in [3.8, 4) is 0 Å². The fourth-order valence-electron chi connectivity index (χ4n) is 1.38. The molecule has 0 N–H and O–H groups in total. The van der Waals surface area contributed by atoms with Crippen LogP contribution in [0.15, 0.2) is 22.9 Å². The van der Waals surface area contributed by atoms with E-state index in [1.807, 2.05) is 18.3 Å². The van der Waals surface area contributed by atoms with Crippen molar-refractivity contribution in [1.29, 1.82) is 0 Å². The first kappa shape index (κ1) is 15.7. The highest BCUT2D eigenvalue weighted by Crippen LogP contribution is 2.27. The highest BCUT2D eigenvalue weighted by molar-refractivity contribution is 9.10. The molecule has 1 atom stereocenters. The van der Waals surface area contributed by atoms with E-state index in [2.05, 4.69) is 60.2 Å². The van der Waals surface area contributed by atoms with E-state index in [9.17, 15) is 0 Å². The molecule has 0 amide bonds. The van der Waals surface area contributed by atoms with Crippen molar-refractivity contribution in [3.63, 3.8) is 0 Å². The van der Waals surface area contributed by atoms with Gasteiger partial charge < -0.3 is 9.33 Å². The number of rotatable bonds is 5. The topological polar surface area (TPSA) is 25.4 Å². The zero-order valence-corrected chi connectivity index (χ0v) is 14.6. The van der Waals surface area contributed by atoms with E-state index in [0.717, 1.165) is 23.4 Å². The number of pyridine rings is 1. The maximum Gasteiger partial charge on any atom is 0.179 e. The Morgan fingerprint density at radius 1 is 1.44 bits per heavy atom. The number of halogens is 1. The van der Waals surface area contributed by atoms with Crippen LogP contribution < -0.4 is 4.90 Å². The van der Waals surface area contributed by atoms with Gasteiger partial charge in [-0.3, -0.25) is 0 Å². The van der Waals surface area contributed by atoms with Crippen LogP contribution in [-0.2, 0) is 4.43 Å². The summed E-state index contributed by atoms with van der Waals surface area (Å²) in [5.74, 6) is 0. The van der Waals surface area contributed by atoms with Crippen molar-refractivity contribution in [3.05, 3.63) is 22.9 Å². The third-order valence-corrected chi connectivity index (χ3v) is 6.77. The number of aromatic nitrogens is 1. The molecule has 1 rings (SSSR count). The Morgan fingerprint density at radius 3 is 2.67 bits per heavy atom. The van der Waals surface area contributed by atoms with Crippen LogP contribution in [-0.4, -0.2) is 34.2 Å². The molecule has 1 aromatic heterocycles. The third kappa shape index (κ3) is 5.08. The predicted molar refractivity (Wildman–Crippen MR) is 83.9 cm³/mol. The minimum absolute atomic E-state index is 0.332. The molecule has 0 spiro atoms. The molecule has 1 unspecified atom stereocenters. The predicted octanol–water partition coefficient (Wildman–Crippen LogP) is 3.45. The summed E-state index contributed by atoms with van der Waals surface area (Å²) in [7, 11) is 0.976. The molecular formula is C13H23BrN2OSi. The molecule has 102 valence electrons. The van der Waals surface area contributed by atoms with Crippen LogP contribution >= 0.6 is 15.9 Å². The zero-order valence-electron chi connectivity index (χ0n) is 11.9. The van der Waals surface area contributed by atoms with Gasteiger partial charge in [-0.2, -0.15) is 0 Å². The van der Waals surface area contributed by atoms with Gasteiger partial charge in [-0.25, -0.2) is 4.98 Å². The summed E-state index contributed by atoms with van der Waals surface area (Å²) in [5, 5.41) is 0.332. The molecule has 0 aliphatic rings. The van der Waals surface area contributed by atoms with E-state index in [1.54, 1.807) is 0 Å². The summed E-state index contributed by atoms with van der Waals surface area (Å²) in [6.07, 6.45) is 1.81. The van der Waals surface area contributed by atoms with Gasteiger partial charge in [-0.05, 0) is 39.6 Å². The average Bonchev–Trinajstić information content (AvgIpc) is 2.27. The number of anilines is 1. The minimum atomic E-state index is -1.10. The van der Waals surface area contributed by atoms with Gasteiger partial charge >= 0.3 is 0 Å². The van der Waals surface area contributed by atoms with Gasteiger partial charge in [0.15, 0.2) is 9.04 Å². The fraction of sp³-hybridized carbons (Fsp3) is 0.615. The molecule has 1 aromatic rings. The molecular weight excluding hydrogens is 308 g/mol. The average molecular weight is 331 g/mol. The molecule has 0 aliphatic carbocycles. The zero-order chi connectivity index (χ0) is 13.8. The van der Waals surface area contributed by atoms with Crippen molar-refractivity contribution >= 4 is 30.7 Å². The molecule has 0 aliphatic heterocycles. The van der Waals surface area contributed by atoms with Gasteiger partial charge in [0.2, 0.25) is 0 Å². The van der Waals surface area contributed by atoms with Crippen LogP contribution in [0.2, 0.25) is 11.6 Å². The Kier molecular flexibility index (Phi) is 5.81. The lowest BCUT2D eigenvalue weighted by atomic mass is 10.3. The highest BCUT2D eigenvalue weighted by atomic mass is 79.9. The number of likely N-dealkylation sites (N-methyl/N-ethyl adjacent to an activating group) is 1. The van der Waals surface area contributed by atoms with Gasteiger partial charge in [0.25, 0.3) is 0 Å². The molecule has 18 heavy (non-hydrogen) atoms. The van der Waals surface area contributed by atoms with E-state index >= 15 is 0 Å². The lowest BCUT2D eigenvalue weighted by Gasteiger charge is -2.27. The van der Waals surface area contributed by atoms with E-state index in [-0.39, 0.29) is 0 Å². The number of hydrogen-bond acceptors (Lipinski definition) is 3. The van der Waals surface area contributed by atoms with Crippen molar-refractivity contribution in [1.82, 2.24) is 4.98 Å². The van der Waals surface area contributed by atoms with Crippen LogP contribution in [0.1, 0.15) is 20.8 Å². The first-order valence-electron chi connectivity index (χ1n) is 6.25. The maximum absolute atomic E-state index is 6.00. The molecule has 0 saturated carbocycles. The van der Waals surface area contributed by atoms with E-state index in [0.29, 0.717) is 5.04 Å². The molecule has 0 bridgehead atoms. The summed E-state index contributed by atoms with van der Waals surface area (Å²) in [5.41, 5.74) is 1.16. The van der Waals surface area contributed by atoms with Crippen molar-refractivity contribution in [2.75, 3.05) is 25.1 Å². The first-order chi connectivity index (χ1) is 8.30. The van der Waals surface area contributed by atoms with Crippen LogP contribution in [0.3, 0.4) is 0 Å². The quantitative estimate of drug-likeness (QED) is 0.610. The fourth-order valence-corrected chi connectivity index (χ4v) is 2.69. The second-order valence-corrected chi connectivity index (χ2v) is 9.80. The lowest BCUT2D eigenvalue weighted by Crippen LogP contribution is -2.30. The van der Waals surface area contributed by atoms with Gasteiger partial charge in [-0.1, -0.05) is 20.8 Å². The lowest BCUT2D eigenvalue weighted by molar-refractivity contribution is 0.314. The van der Waals surface area contributed by atoms with Gasteiger partial charge in [0.05, 0.1) is 6.61 Å². The van der Waals surface area contributed by atoms with Crippen LogP contribution in [0.5, 0.6) is 0 Å². The second kappa shape index (κ2) is 6.68. The monoisotopic (exact) mass is 330 g/mol. The Morgan fingerprint density at radius 2 is 2.11 bits per heavy atom. The largest absolute Gasteiger partial charge is 0.418 e. The number of nitrogens with zero attached hydrogens (tertiary/aromatic N) is 2. The summed E-state index contributed by atoms with van der Waals surface area (Å²) in [6.45, 7) is 10.7. The number of hydrogen-bond donors (Lipinski definition) is 0. The Balaban J connectivity index is 2.40. The van der Waals surface area contributed by atoms with Crippen LogP contribution in [0.25, 0.3) is 0 Å². The summed E-state index contributed by atoms with van der Waals surface area (Å²) >= 11 is 3.39. The summed E-state index contributed by atoms with van der Waals surface area (Å²) in [6, 6.07) is 4.03. The highest BCUT2D eigenvalue weighted by Gasteiger charge is 2.22. The third-order valence-electron chi connectivity index (χ3n) is 3.17. The maximum atomic E-state index is 6.00. The Bertz CT molecular complexity index is 381. The van der Waals surface area contributed by atoms with E-state index in [1.165, 1.54) is 0 Å². The van der Waals surface area contributed by atoms with Gasteiger partial charge in [0.1, 0.15) is 4.60 Å². The SMILES string of the molecule is CN(CCO[SiH](C)C(C)(C)C)c1ccnc(Br)c1. The normalized spacial score (nSPS) is 13.4. The van der Waals surface area contributed by atoms with Crippen LogP contribution in [0.4, 0.5) is 5.69 Å². The van der Waals surface area contributed by atoms with E-state index in [4.69, 9.17) is 4.43 Å². The van der Waals surface area contributed by atoms with Crippen molar-refractivity contribution in [2.24, 2.45) is 0 Å².